The molecule has 3 heterocycles. The molecule has 33 heavy (non-hydrogen) atoms. The second kappa shape index (κ2) is 6.04. The molecule has 5 nitrogen and oxygen atoms in total. The Morgan fingerprint density at radius 2 is 1.67 bits per heavy atom. The maximum atomic E-state index is 10.3. The van der Waals surface area contributed by atoms with Gasteiger partial charge in [-0.3, -0.25) is 8.97 Å². The number of benzene rings is 3. The molecular formula is C27H19BN4O. The number of pyridine rings is 1. The van der Waals surface area contributed by atoms with Crippen LogP contribution in [0.2, 0.25) is 0 Å². The molecule has 0 amide bonds. The van der Waals surface area contributed by atoms with Gasteiger partial charge in [-0.1, -0.05) is 61.8 Å². The first-order valence-electron chi connectivity index (χ1n) is 11.0. The largest absolute Gasteiger partial charge is 0.508 e. The topological polar surface area (TPSA) is 55.3 Å². The van der Waals surface area contributed by atoms with E-state index >= 15 is 0 Å². The fourth-order valence-corrected chi connectivity index (χ4v) is 5.37. The molecule has 0 atom stereocenters. The van der Waals surface area contributed by atoms with E-state index in [0.29, 0.717) is 11.2 Å². The van der Waals surface area contributed by atoms with Gasteiger partial charge >= 0.3 is 0 Å². The molecule has 1 N–H and O–H groups in total. The summed E-state index contributed by atoms with van der Waals surface area (Å²) >= 11 is 0. The molecule has 0 spiro atoms. The van der Waals surface area contributed by atoms with Crippen molar-refractivity contribution < 1.29 is 5.11 Å². The van der Waals surface area contributed by atoms with Gasteiger partial charge in [-0.2, -0.15) is 0 Å². The molecule has 6 heteroatoms. The minimum absolute atomic E-state index is 0.111. The van der Waals surface area contributed by atoms with Crippen molar-refractivity contribution in [3.63, 3.8) is 0 Å². The Kier molecular flexibility index (Phi) is 3.39. The molecule has 0 aliphatic heterocycles. The van der Waals surface area contributed by atoms with Crippen molar-refractivity contribution in [1.82, 2.24) is 18.9 Å². The number of phenols is 1. The maximum Gasteiger partial charge on any atom is 0.221 e. The van der Waals surface area contributed by atoms with Crippen LogP contribution in [0.25, 0.3) is 44.9 Å². The van der Waals surface area contributed by atoms with E-state index in [2.05, 4.69) is 48.6 Å². The van der Waals surface area contributed by atoms with Crippen LogP contribution in [-0.4, -0.2) is 31.9 Å². The number of imidazole rings is 2. The maximum absolute atomic E-state index is 10.3. The molecule has 1 aliphatic rings. The Morgan fingerprint density at radius 1 is 0.818 bits per heavy atom. The van der Waals surface area contributed by atoms with Crippen LogP contribution in [0.3, 0.4) is 0 Å². The lowest BCUT2D eigenvalue weighted by Gasteiger charge is -2.20. The van der Waals surface area contributed by atoms with Gasteiger partial charge in [-0.15, -0.1) is 0 Å². The van der Waals surface area contributed by atoms with E-state index in [9.17, 15) is 5.11 Å². The highest BCUT2D eigenvalue weighted by molar-refractivity contribution is 6.38. The molecule has 3 aromatic carbocycles. The monoisotopic (exact) mass is 426 g/mol. The Hall–Kier alpha value is -4.06. The van der Waals surface area contributed by atoms with Gasteiger partial charge in [0, 0.05) is 17.0 Å². The van der Waals surface area contributed by atoms with Gasteiger partial charge in [0.2, 0.25) is 5.78 Å². The lowest BCUT2D eigenvalue weighted by Crippen LogP contribution is -2.15. The first-order chi connectivity index (χ1) is 15.9. The molecule has 0 unspecified atom stereocenters. The van der Waals surface area contributed by atoms with E-state index in [1.165, 1.54) is 11.1 Å². The fourth-order valence-electron chi connectivity index (χ4n) is 5.37. The summed E-state index contributed by atoms with van der Waals surface area (Å²) in [6, 6.07) is 23.8. The second-order valence-electron chi connectivity index (χ2n) is 9.21. The fraction of sp³-hybridized carbons (Fsp3) is 0.111. The summed E-state index contributed by atoms with van der Waals surface area (Å²) in [4.78, 5) is 10.1. The summed E-state index contributed by atoms with van der Waals surface area (Å²) in [6.45, 7) is 4.48. The third-order valence-electron chi connectivity index (χ3n) is 6.98. The third kappa shape index (κ3) is 2.27. The van der Waals surface area contributed by atoms with Gasteiger partial charge < -0.3 is 5.11 Å². The van der Waals surface area contributed by atoms with Crippen LogP contribution in [0, 0.1) is 0 Å². The summed E-state index contributed by atoms with van der Waals surface area (Å²) in [5.74, 6) is 1.66. The average Bonchev–Trinajstić information content (AvgIpc) is 3.40. The number of nitrogens with zero attached hydrogens (tertiary/aromatic N) is 4. The standard InChI is InChI=1S/C27H19BN4O/c1-27(2)17-7-4-3-6-16(17)24-18(27)11-13-23(29-24)32-22-14-15(33)10-12-20(22)31-21-9-5-8-19(28)25(21)30-26(31)32/h3-14,33H,1-2H3. The highest BCUT2D eigenvalue weighted by Crippen LogP contribution is 2.47. The van der Waals surface area contributed by atoms with E-state index in [1.807, 2.05) is 34.9 Å². The number of hydrogen-bond acceptors (Lipinski definition) is 3. The Morgan fingerprint density at radius 3 is 2.55 bits per heavy atom. The average molecular weight is 426 g/mol. The van der Waals surface area contributed by atoms with Gasteiger partial charge in [-0.25, -0.2) is 9.97 Å². The predicted molar refractivity (Wildman–Crippen MR) is 132 cm³/mol. The van der Waals surface area contributed by atoms with E-state index in [4.69, 9.17) is 17.8 Å². The van der Waals surface area contributed by atoms with Crippen molar-refractivity contribution in [2.45, 2.75) is 19.3 Å². The van der Waals surface area contributed by atoms with E-state index in [-0.39, 0.29) is 11.2 Å². The summed E-state index contributed by atoms with van der Waals surface area (Å²) in [6.07, 6.45) is 0. The lowest BCUT2D eigenvalue weighted by molar-refractivity contribution is 0.476. The Labute approximate surface area is 191 Å². The zero-order valence-corrected chi connectivity index (χ0v) is 18.2. The molecule has 1 aliphatic carbocycles. The number of aromatic nitrogens is 4. The van der Waals surface area contributed by atoms with Gasteiger partial charge in [0.25, 0.3) is 0 Å². The van der Waals surface area contributed by atoms with Crippen LogP contribution in [0.4, 0.5) is 0 Å². The molecule has 0 bridgehead atoms. The Bertz CT molecular complexity index is 1780. The third-order valence-corrected chi connectivity index (χ3v) is 6.98. The van der Waals surface area contributed by atoms with Crippen LogP contribution >= 0.6 is 0 Å². The van der Waals surface area contributed by atoms with E-state index in [0.717, 1.165) is 39.1 Å². The number of aromatic hydroxyl groups is 1. The predicted octanol–water partition coefficient (Wildman–Crippen LogP) is 4.63. The normalized spacial score (nSPS) is 14.2. The van der Waals surface area contributed by atoms with Gasteiger partial charge in [-0.05, 0) is 35.4 Å². The van der Waals surface area contributed by atoms with E-state index in [1.54, 1.807) is 12.1 Å². The van der Waals surface area contributed by atoms with Crippen LogP contribution in [0.5, 0.6) is 5.75 Å². The van der Waals surface area contributed by atoms with Crippen molar-refractivity contribution in [2.24, 2.45) is 0 Å². The molecular weight excluding hydrogens is 407 g/mol. The lowest BCUT2D eigenvalue weighted by atomic mass is 9.83. The zero-order valence-electron chi connectivity index (χ0n) is 18.2. The minimum atomic E-state index is -0.111. The first-order valence-corrected chi connectivity index (χ1v) is 11.0. The summed E-state index contributed by atoms with van der Waals surface area (Å²) in [5, 5.41) is 10.3. The van der Waals surface area contributed by atoms with Crippen LogP contribution in [0.15, 0.2) is 72.8 Å². The number of phenolic OH excluding ortho intramolecular Hbond substituents is 1. The first kappa shape index (κ1) is 18.5. The molecule has 156 valence electrons. The van der Waals surface area contributed by atoms with Gasteiger partial charge in [0.15, 0.2) is 0 Å². The van der Waals surface area contributed by atoms with Crippen LogP contribution < -0.4 is 5.46 Å². The molecule has 0 fully saturated rings. The summed E-state index contributed by atoms with van der Waals surface area (Å²) in [5.41, 5.74) is 8.60. The molecule has 7 rings (SSSR count). The summed E-state index contributed by atoms with van der Waals surface area (Å²) in [7, 11) is 6.25. The van der Waals surface area contributed by atoms with Crippen molar-refractivity contribution >= 4 is 41.2 Å². The molecule has 2 radical (unpaired) electrons. The Balaban J connectivity index is 1.61. The smallest absolute Gasteiger partial charge is 0.221 e. The van der Waals surface area contributed by atoms with Crippen molar-refractivity contribution in [3.8, 4) is 22.8 Å². The number of rotatable bonds is 1. The second-order valence-corrected chi connectivity index (χ2v) is 9.21. The number of fused-ring (bicyclic) bond motifs is 8. The zero-order chi connectivity index (χ0) is 22.5. The molecule has 3 aromatic heterocycles. The molecule has 0 saturated carbocycles. The van der Waals surface area contributed by atoms with Gasteiger partial charge in [0.1, 0.15) is 19.4 Å². The van der Waals surface area contributed by atoms with Crippen molar-refractivity contribution in [1.29, 1.82) is 0 Å². The van der Waals surface area contributed by atoms with Crippen molar-refractivity contribution in [3.05, 3.63) is 83.9 Å². The number of para-hydroxylation sites is 1. The van der Waals surface area contributed by atoms with Gasteiger partial charge in [0.05, 0.1) is 27.8 Å². The van der Waals surface area contributed by atoms with Crippen molar-refractivity contribution in [2.75, 3.05) is 0 Å². The van der Waals surface area contributed by atoms with Crippen LogP contribution in [-0.2, 0) is 5.41 Å². The summed E-state index contributed by atoms with van der Waals surface area (Å²) < 4.78 is 4.08. The minimum Gasteiger partial charge on any atom is -0.508 e. The number of hydrogen-bond donors (Lipinski definition) is 1. The quantitative estimate of drug-likeness (QED) is 0.390. The van der Waals surface area contributed by atoms with Crippen LogP contribution in [0.1, 0.15) is 25.0 Å². The molecule has 0 saturated heterocycles. The van der Waals surface area contributed by atoms with E-state index < -0.39 is 0 Å². The highest BCUT2D eigenvalue weighted by Gasteiger charge is 2.36. The SMILES string of the molecule is [B]c1cccc2c1nc1n(-c3ccc4c(n3)-c3ccccc3C4(C)C)c3cc(O)ccc3n21. The highest BCUT2D eigenvalue weighted by atomic mass is 16.3. The molecule has 6 aromatic rings.